The van der Waals surface area contributed by atoms with Crippen LogP contribution in [-0.2, 0) is 11.3 Å². The fourth-order valence-corrected chi connectivity index (χ4v) is 2.30. The van der Waals surface area contributed by atoms with Crippen LogP contribution in [0.2, 0.25) is 0 Å². The van der Waals surface area contributed by atoms with Crippen molar-refractivity contribution in [3.63, 3.8) is 0 Å². The van der Waals surface area contributed by atoms with Crippen molar-refractivity contribution in [2.24, 2.45) is 5.92 Å². The molecule has 0 spiro atoms. The van der Waals surface area contributed by atoms with E-state index in [0.29, 0.717) is 24.8 Å². The molecule has 0 aliphatic carbocycles. The molecule has 0 aromatic heterocycles. The van der Waals surface area contributed by atoms with Crippen LogP contribution in [0.5, 0.6) is 5.75 Å². The molecule has 1 aliphatic heterocycles. The fourth-order valence-electron chi connectivity index (χ4n) is 2.30. The first kappa shape index (κ1) is 15.3. The van der Waals surface area contributed by atoms with E-state index in [9.17, 15) is 4.39 Å². The summed E-state index contributed by atoms with van der Waals surface area (Å²) in [7, 11) is 0. The highest BCUT2D eigenvalue weighted by Crippen LogP contribution is 2.21. The Kier molecular flexibility index (Phi) is 6.27. The van der Waals surface area contributed by atoms with E-state index >= 15 is 0 Å². The molecule has 20 heavy (non-hydrogen) atoms. The van der Waals surface area contributed by atoms with E-state index in [1.165, 1.54) is 0 Å². The Morgan fingerprint density at radius 1 is 1.35 bits per heavy atom. The molecule has 1 aliphatic rings. The third kappa shape index (κ3) is 4.76. The predicted octanol–water partition coefficient (Wildman–Crippen LogP) is 3.13. The van der Waals surface area contributed by atoms with Crippen LogP contribution in [0, 0.1) is 11.7 Å². The quantitative estimate of drug-likeness (QED) is 0.779. The van der Waals surface area contributed by atoms with E-state index in [0.717, 1.165) is 44.6 Å². The lowest BCUT2D eigenvalue weighted by Gasteiger charge is -2.22. The second kappa shape index (κ2) is 8.22. The van der Waals surface area contributed by atoms with Crippen LogP contribution in [0.15, 0.2) is 18.2 Å². The molecule has 0 bridgehead atoms. The zero-order valence-electron chi connectivity index (χ0n) is 12.2. The summed E-state index contributed by atoms with van der Waals surface area (Å²) in [6.45, 7) is 5.92. The van der Waals surface area contributed by atoms with E-state index in [4.69, 9.17) is 9.47 Å². The van der Waals surface area contributed by atoms with Gasteiger partial charge in [-0.2, -0.15) is 0 Å². The van der Waals surface area contributed by atoms with Gasteiger partial charge in [-0.05, 0) is 49.4 Å². The van der Waals surface area contributed by atoms with Crippen LogP contribution in [-0.4, -0.2) is 26.4 Å². The largest absolute Gasteiger partial charge is 0.490 e. The van der Waals surface area contributed by atoms with Crippen LogP contribution in [0.3, 0.4) is 0 Å². The Balaban J connectivity index is 1.82. The molecule has 4 heteroatoms. The molecule has 0 saturated carbocycles. The summed E-state index contributed by atoms with van der Waals surface area (Å²) in [5.74, 6) is 0.567. The van der Waals surface area contributed by atoms with Gasteiger partial charge in [0.25, 0.3) is 0 Å². The molecule has 1 saturated heterocycles. The van der Waals surface area contributed by atoms with E-state index < -0.39 is 0 Å². The summed E-state index contributed by atoms with van der Waals surface area (Å²) >= 11 is 0. The number of hydrogen-bond acceptors (Lipinski definition) is 3. The highest BCUT2D eigenvalue weighted by molar-refractivity contribution is 5.29. The summed E-state index contributed by atoms with van der Waals surface area (Å²) in [6, 6.07) is 5.21. The van der Waals surface area contributed by atoms with Gasteiger partial charge in [-0.1, -0.05) is 13.0 Å². The second-order valence-electron chi connectivity index (χ2n) is 5.31. The molecule has 112 valence electrons. The van der Waals surface area contributed by atoms with Crippen LogP contribution < -0.4 is 10.1 Å². The molecule has 1 heterocycles. The van der Waals surface area contributed by atoms with E-state index in [1.807, 2.05) is 6.07 Å². The Morgan fingerprint density at radius 2 is 2.15 bits per heavy atom. The van der Waals surface area contributed by atoms with E-state index in [2.05, 4.69) is 12.2 Å². The molecule has 1 fully saturated rings. The summed E-state index contributed by atoms with van der Waals surface area (Å²) in [5.41, 5.74) is 0.953. The molecule has 1 aromatic rings. The summed E-state index contributed by atoms with van der Waals surface area (Å²) in [4.78, 5) is 0. The van der Waals surface area contributed by atoms with Crippen molar-refractivity contribution in [1.29, 1.82) is 0 Å². The molecule has 0 atom stereocenters. The maximum absolute atomic E-state index is 13.9. The summed E-state index contributed by atoms with van der Waals surface area (Å²) in [5, 5.41) is 3.26. The standard InChI is InChI=1S/C16H24FNO2/c1-2-7-18-11-14-3-4-16(15(17)10-14)20-12-13-5-8-19-9-6-13/h3-4,10,13,18H,2,5-9,11-12H2,1H3. The number of nitrogens with one attached hydrogen (secondary N) is 1. The lowest BCUT2D eigenvalue weighted by Crippen LogP contribution is -2.21. The van der Waals surface area contributed by atoms with Gasteiger partial charge in [0, 0.05) is 19.8 Å². The van der Waals surface area contributed by atoms with Gasteiger partial charge in [-0.15, -0.1) is 0 Å². The summed E-state index contributed by atoms with van der Waals surface area (Å²) in [6.07, 6.45) is 3.08. The third-order valence-corrected chi connectivity index (χ3v) is 3.57. The summed E-state index contributed by atoms with van der Waals surface area (Å²) < 4.78 is 24.8. The average Bonchev–Trinajstić information content (AvgIpc) is 2.48. The smallest absolute Gasteiger partial charge is 0.165 e. The molecule has 0 unspecified atom stereocenters. The maximum atomic E-state index is 13.9. The van der Waals surface area contributed by atoms with Crippen molar-refractivity contribution in [3.8, 4) is 5.75 Å². The van der Waals surface area contributed by atoms with Gasteiger partial charge in [-0.25, -0.2) is 4.39 Å². The number of hydrogen-bond donors (Lipinski definition) is 1. The van der Waals surface area contributed by atoms with Crippen molar-refractivity contribution in [2.75, 3.05) is 26.4 Å². The lowest BCUT2D eigenvalue weighted by molar-refractivity contribution is 0.0491. The molecule has 3 nitrogen and oxygen atoms in total. The highest BCUT2D eigenvalue weighted by atomic mass is 19.1. The Labute approximate surface area is 120 Å². The predicted molar refractivity (Wildman–Crippen MR) is 77.4 cm³/mol. The minimum Gasteiger partial charge on any atom is -0.490 e. The van der Waals surface area contributed by atoms with E-state index in [-0.39, 0.29) is 5.82 Å². The number of benzene rings is 1. The van der Waals surface area contributed by atoms with Gasteiger partial charge in [0.2, 0.25) is 0 Å². The molecule has 1 N–H and O–H groups in total. The highest BCUT2D eigenvalue weighted by Gasteiger charge is 2.15. The first-order chi connectivity index (χ1) is 9.79. The Bertz CT molecular complexity index is 405. The second-order valence-corrected chi connectivity index (χ2v) is 5.31. The van der Waals surface area contributed by atoms with E-state index in [1.54, 1.807) is 12.1 Å². The minimum atomic E-state index is -0.271. The van der Waals surface area contributed by atoms with Crippen molar-refractivity contribution in [3.05, 3.63) is 29.6 Å². The number of ether oxygens (including phenoxy) is 2. The topological polar surface area (TPSA) is 30.5 Å². The molecular weight excluding hydrogens is 257 g/mol. The molecule has 0 amide bonds. The third-order valence-electron chi connectivity index (χ3n) is 3.57. The molecular formula is C16H24FNO2. The van der Waals surface area contributed by atoms with Gasteiger partial charge < -0.3 is 14.8 Å². The van der Waals surface area contributed by atoms with Crippen LogP contribution in [0.4, 0.5) is 4.39 Å². The van der Waals surface area contributed by atoms with Gasteiger partial charge in [0.1, 0.15) is 0 Å². The van der Waals surface area contributed by atoms with Crippen LogP contribution in [0.25, 0.3) is 0 Å². The first-order valence-electron chi connectivity index (χ1n) is 7.49. The van der Waals surface area contributed by atoms with Gasteiger partial charge >= 0.3 is 0 Å². The van der Waals surface area contributed by atoms with Crippen molar-refractivity contribution in [2.45, 2.75) is 32.7 Å². The number of halogens is 1. The van der Waals surface area contributed by atoms with Crippen molar-refractivity contribution >= 4 is 0 Å². The van der Waals surface area contributed by atoms with Gasteiger partial charge in [0.05, 0.1) is 6.61 Å². The monoisotopic (exact) mass is 281 g/mol. The van der Waals surface area contributed by atoms with Crippen molar-refractivity contribution in [1.82, 2.24) is 5.32 Å². The Morgan fingerprint density at radius 3 is 2.85 bits per heavy atom. The van der Waals surface area contributed by atoms with Crippen LogP contribution in [0.1, 0.15) is 31.7 Å². The molecule has 0 radical (unpaired) electrons. The minimum absolute atomic E-state index is 0.271. The molecule has 1 aromatic carbocycles. The van der Waals surface area contributed by atoms with Crippen molar-refractivity contribution < 1.29 is 13.9 Å². The maximum Gasteiger partial charge on any atom is 0.165 e. The zero-order chi connectivity index (χ0) is 14.2. The SMILES string of the molecule is CCCNCc1ccc(OCC2CCOCC2)c(F)c1. The zero-order valence-corrected chi connectivity index (χ0v) is 12.2. The van der Waals surface area contributed by atoms with Gasteiger partial charge in [-0.3, -0.25) is 0 Å². The first-order valence-corrected chi connectivity index (χ1v) is 7.49. The van der Waals surface area contributed by atoms with Crippen LogP contribution >= 0.6 is 0 Å². The normalized spacial score (nSPS) is 16.3. The lowest BCUT2D eigenvalue weighted by atomic mass is 10.0. The molecule has 2 rings (SSSR count). The fraction of sp³-hybridized carbons (Fsp3) is 0.625. The average molecular weight is 281 g/mol. The number of rotatable bonds is 7. The Hall–Kier alpha value is -1.13. The van der Waals surface area contributed by atoms with Gasteiger partial charge in [0.15, 0.2) is 11.6 Å².